The Kier molecular flexibility index (Phi) is 3.98. The van der Waals surface area contributed by atoms with Gasteiger partial charge in [0.25, 0.3) is 14.2 Å². The number of alkyl halides is 3. The lowest BCUT2D eigenvalue weighted by Gasteiger charge is -2.08. The molecule has 1 aromatic heterocycles. The molecule has 0 saturated heterocycles. The average molecular weight is 340 g/mol. The molecular formula is C11H9ClF3N3O2S. The fraction of sp³-hybridized carbons (Fsp3) is 0.273. The van der Waals surface area contributed by atoms with Crippen molar-refractivity contribution in [1.29, 1.82) is 0 Å². The summed E-state index contributed by atoms with van der Waals surface area (Å²) in [5, 5.41) is 6.72. The topological polar surface area (TPSA) is 64.8 Å². The zero-order valence-electron chi connectivity index (χ0n) is 10.6. The summed E-state index contributed by atoms with van der Waals surface area (Å²) in [5.74, 6) is 0.130. The van der Waals surface area contributed by atoms with E-state index in [0.717, 1.165) is 12.1 Å². The van der Waals surface area contributed by atoms with Crippen molar-refractivity contribution in [2.45, 2.75) is 24.8 Å². The zero-order valence-corrected chi connectivity index (χ0v) is 12.2. The minimum atomic E-state index is -4.44. The average Bonchev–Trinajstić information content (AvgIpc) is 2.81. The third-order valence-electron chi connectivity index (χ3n) is 2.72. The van der Waals surface area contributed by atoms with Gasteiger partial charge in [0.15, 0.2) is 5.82 Å². The van der Waals surface area contributed by atoms with Crippen LogP contribution in [0.5, 0.6) is 0 Å². The summed E-state index contributed by atoms with van der Waals surface area (Å²) in [6, 6.07) is 4.17. The van der Waals surface area contributed by atoms with E-state index in [2.05, 4.69) is 10.2 Å². The van der Waals surface area contributed by atoms with E-state index in [1.807, 2.05) is 0 Å². The van der Waals surface area contributed by atoms with Gasteiger partial charge in [0.05, 0.1) is 5.56 Å². The van der Waals surface area contributed by atoms with Gasteiger partial charge in [0, 0.05) is 22.8 Å². The molecule has 0 aliphatic rings. The summed E-state index contributed by atoms with van der Waals surface area (Å²) in [6.45, 7) is 1.84. The van der Waals surface area contributed by atoms with Crippen LogP contribution in [0.2, 0.25) is 0 Å². The van der Waals surface area contributed by atoms with Gasteiger partial charge in [0.1, 0.15) is 0 Å². The SMILES string of the molecule is CCn1c(-c2ccc(C(F)(F)F)cc2)nnc1S(=O)(=O)Cl. The molecule has 0 N–H and O–H groups in total. The molecule has 2 rings (SSSR count). The molecular weight excluding hydrogens is 331 g/mol. The third kappa shape index (κ3) is 3.18. The van der Waals surface area contributed by atoms with Crippen LogP contribution in [0.4, 0.5) is 13.2 Å². The van der Waals surface area contributed by atoms with Gasteiger partial charge in [-0.1, -0.05) is 12.1 Å². The Morgan fingerprint density at radius 3 is 2.19 bits per heavy atom. The van der Waals surface area contributed by atoms with Crippen LogP contribution in [0.25, 0.3) is 11.4 Å². The number of benzene rings is 1. The third-order valence-corrected chi connectivity index (χ3v) is 3.87. The summed E-state index contributed by atoms with van der Waals surface area (Å²) in [4.78, 5) is 0. The number of nitrogens with zero attached hydrogens (tertiary/aromatic N) is 3. The lowest BCUT2D eigenvalue weighted by molar-refractivity contribution is -0.137. The quantitative estimate of drug-likeness (QED) is 0.806. The highest BCUT2D eigenvalue weighted by Gasteiger charge is 2.30. The molecule has 1 heterocycles. The van der Waals surface area contributed by atoms with Crippen molar-refractivity contribution in [3.63, 3.8) is 0 Å². The van der Waals surface area contributed by atoms with Gasteiger partial charge in [-0.2, -0.15) is 13.2 Å². The van der Waals surface area contributed by atoms with Gasteiger partial charge >= 0.3 is 6.18 Å². The molecule has 0 unspecified atom stereocenters. The van der Waals surface area contributed by atoms with E-state index in [1.54, 1.807) is 6.92 Å². The molecule has 0 saturated carbocycles. The van der Waals surface area contributed by atoms with Crippen molar-refractivity contribution in [1.82, 2.24) is 14.8 Å². The molecule has 0 spiro atoms. The van der Waals surface area contributed by atoms with Crippen molar-refractivity contribution in [3.8, 4) is 11.4 Å². The number of aromatic nitrogens is 3. The Morgan fingerprint density at radius 2 is 1.76 bits per heavy atom. The van der Waals surface area contributed by atoms with Crippen molar-refractivity contribution in [2.75, 3.05) is 0 Å². The molecule has 0 aliphatic carbocycles. The lowest BCUT2D eigenvalue weighted by atomic mass is 10.1. The fourth-order valence-corrected chi connectivity index (χ4v) is 2.74. The molecule has 21 heavy (non-hydrogen) atoms. The Labute approximate surface area is 122 Å². The number of rotatable bonds is 3. The lowest BCUT2D eigenvalue weighted by Crippen LogP contribution is -2.07. The molecule has 114 valence electrons. The summed E-state index contributed by atoms with van der Waals surface area (Å²) >= 11 is 0. The summed E-state index contributed by atoms with van der Waals surface area (Å²) < 4.78 is 61.4. The molecule has 0 bridgehead atoms. The van der Waals surface area contributed by atoms with Crippen LogP contribution >= 0.6 is 10.7 Å². The van der Waals surface area contributed by atoms with Gasteiger partial charge in [-0.25, -0.2) is 8.42 Å². The van der Waals surface area contributed by atoms with Crippen molar-refractivity contribution in [3.05, 3.63) is 29.8 Å². The van der Waals surface area contributed by atoms with Crippen LogP contribution in [0, 0.1) is 0 Å². The first kappa shape index (κ1) is 15.8. The summed E-state index contributed by atoms with van der Waals surface area (Å²) in [7, 11) is 1.15. The van der Waals surface area contributed by atoms with Crippen LogP contribution < -0.4 is 0 Å². The van der Waals surface area contributed by atoms with Crippen LogP contribution in [-0.4, -0.2) is 23.2 Å². The maximum atomic E-state index is 12.5. The second kappa shape index (κ2) is 5.30. The standard InChI is InChI=1S/C11H9ClF3N3O2S/c1-2-18-9(16-17-10(18)21(12,19)20)7-3-5-8(6-4-7)11(13,14)15/h3-6H,2H2,1H3. The van der Waals surface area contributed by atoms with Gasteiger partial charge < -0.3 is 0 Å². The highest BCUT2D eigenvalue weighted by molar-refractivity contribution is 8.13. The van der Waals surface area contributed by atoms with E-state index in [-0.39, 0.29) is 12.4 Å². The molecule has 0 radical (unpaired) electrons. The Morgan fingerprint density at radius 1 is 1.19 bits per heavy atom. The molecule has 10 heteroatoms. The monoisotopic (exact) mass is 339 g/mol. The molecule has 2 aromatic rings. The van der Waals surface area contributed by atoms with Gasteiger partial charge in [-0.15, -0.1) is 10.2 Å². The van der Waals surface area contributed by atoms with Crippen LogP contribution in [0.3, 0.4) is 0 Å². The minimum Gasteiger partial charge on any atom is -0.297 e. The highest BCUT2D eigenvalue weighted by Crippen LogP contribution is 2.31. The molecule has 0 atom stereocenters. The molecule has 1 aromatic carbocycles. The second-order valence-electron chi connectivity index (χ2n) is 4.06. The van der Waals surface area contributed by atoms with E-state index in [4.69, 9.17) is 10.7 Å². The highest BCUT2D eigenvalue weighted by atomic mass is 35.7. The van der Waals surface area contributed by atoms with Gasteiger partial charge in [0.2, 0.25) is 0 Å². The van der Waals surface area contributed by atoms with Crippen molar-refractivity contribution >= 4 is 19.7 Å². The van der Waals surface area contributed by atoms with E-state index in [9.17, 15) is 21.6 Å². The second-order valence-corrected chi connectivity index (χ2v) is 6.52. The largest absolute Gasteiger partial charge is 0.416 e. The Hall–Kier alpha value is -1.61. The van der Waals surface area contributed by atoms with E-state index in [1.165, 1.54) is 16.7 Å². The number of hydrogen-bond donors (Lipinski definition) is 0. The van der Waals surface area contributed by atoms with Crippen molar-refractivity contribution < 1.29 is 21.6 Å². The minimum absolute atomic E-state index is 0.130. The van der Waals surface area contributed by atoms with Crippen LogP contribution in [0.15, 0.2) is 29.4 Å². The van der Waals surface area contributed by atoms with Crippen LogP contribution in [0.1, 0.15) is 12.5 Å². The van der Waals surface area contributed by atoms with Crippen LogP contribution in [-0.2, 0) is 21.8 Å². The fourth-order valence-electron chi connectivity index (χ4n) is 1.78. The molecule has 0 aliphatic heterocycles. The number of halogens is 4. The van der Waals surface area contributed by atoms with Gasteiger partial charge in [-0.3, -0.25) is 4.57 Å². The van der Waals surface area contributed by atoms with E-state index >= 15 is 0 Å². The van der Waals surface area contributed by atoms with Gasteiger partial charge in [-0.05, 0) is 19.1 Å². The first-order valence-corrected chi connectivity index (χ1v) is 8.01. The first-order chi connectivity index (χ1) is 9.64. The molecule has 0 fully saturated rings. The Balaban J connectivity index is 2.51. The van der Waals surface area contributed by atoms with Crippen molar-refractivity contribution in [2.24, 2.45) is 0 Å². The Bertz CT molecular complexity index is 754. The smallest absolute Gasteiger partial charge is 0.297 e. The predicted molar refractivity (Wildman–Crippen MR) is 69.2 cm³/mol. The maximum Gasteiger partial charge on any atom is 0.416 e. The number of hydrogen-bond acceptors (Lipinski definition) is 4. The zero-order chi connectivity index (χ0) is 15.8. The normalized spacial score (nSPS) is 12.6. The molecule has 0 amide bonds. The maximum absolute atomic E-state index is 12.5. The van der Waals surface area contributed by atoms with E-state index < -0.39 is 25.9 Å². The summed E-state index contributed by atoms with van der Waals surface area (Å²) in [5.41, 5.74) is -0.497. The summed E-state index contributed by atoms with van der Waals surface area (Å²) in [6.07, 6.45) is -4.44. The molecule has 5 nitrogen and oxygen atoms in total. The first-order valence-electron chi connectivity index (χ1n) is 5.70. The predicted octanol–water partition coefficient (Wildman–Crippen LogP) is 2.91. The van der Waals surface area contributed by atoms with E-state index in [0.29, 0.717) is 5.56 Å².